The van der Waals surface area contributed by atoms with Crippen LogP contribution < -0.4 is 5.56 Å². The van der Waals surface area contributed by atoms with Gasteiger partial charge in [0.25, 0.3) is 5.56 Å². The van der Waals surface area contributed by atoms with Gasteiger partial charge in [-0.25, -0.2) is 9.18 Å². The number of esters is 1. The lowest BCUT2D eigenvalue weighted by Crippen LogP contribution is -2.33. The van der Waals surface area contributed by atoms with Gasteiger partial charge in [-0.05, 0) is 90.6 Å². The van der Waals surface area contributed by atoms with E-state index >= 15 is 0 Å². The van der Waals surface area contributed by atoms with Crippen molar-refractivity contribution in [3.05, 3.63) is 79.0 Å². The van der Waals surface area contributed by atoms with Gasteiger partial charge in [-0.1, -0.05) is 19.4 Å². The fraction of sp³-hybridized carbons (Fsp3) is 0.429. The van der Waals surface area contributed by atoms with Crippen LogP contribution in [0.25, 0.3) is 11.1 Å². The highest BCUT2D eigenvalue weighted by molar-refractivity contribution is 5.93. The zero-order valence-electron chi connectivity index (χ0n) is 20.2. The Morgan fingerprint density at radius 1 is 1.18 bits per heavy atom. The van der Waals surface area contributed by atoms with E-state index < -0.39 is 12.1 Å². The first kappa shape index (κ1) is 22.8. The van der Waals surface area contributed by atoms with Crippen molar-refractivity contribution in [2.75, 3.05) is 7.11 Å². The first-order chi connectivity index (χ1) is 16.4. The molecule has 1 aromatic heterocycles. The first-order valence-electron chi connectivity index (χ1n) is 12.0. The van der Waals surface area contributed by atoms with Crippen molar-refractivity contribution in [1.82, 2.24) is 4.57 Å². The lowest BCUT2D eigenvalue weighted by atomic mass is 9.79. The lowest BCUT2D eigenvalue weighted by molar-refractivity contribution is -0.159. The third-order valence-corrected chi connectivity index (χ3v) is 7.45. The minimum absolute atomic E-state index is 0.0343. The Morgan fingerprint density at radius 3 is 2.71 bits per heavy atom. The number of nitrogens with zero attached hydrogens (tertiary/aromatic N) is 1. The number of pyridine rings is 1. The highest BCUT2D eigenvalue weighted by atomic mass is 19.1. The van der Waals surface area contributed by atoms with E-state index in [9.17, 15) is 14.0 Å². The molecule has 3 aliphatic rings. The van der Waals surface area contributed by atoms with Gasteiger partial charge in [0.15, 0.2) is 6.10 Å². The summed E-state index contributed by atoms with van der Waals surface area (Å²) in [7, 11) is 1.45. The van der Waals surface area contributed by atoms with Crippen LogP contribution in [0.4, 0.5) is 4.39 Å². The summed E-state index contributed by atoms with van der Waals surface area (Å²) in [6.45, 7) is 6.39. The minimum atomic E-state index is -0.894. The number of allylic oxidation sites excluding steroid dienone is 4. The number of unbranched alkanes of at least 4 members (excludes halogenated alkanes) is 1. The molecular formula is C28H30FNO4. The molecule has 3 heterocycles. The molecule has 0 N–H and O–H groups in total. The number of aryl methyl sites for hydroxylation is 1. The third-order valence-electron chi connectivity index (χ3n) is 7.45. The molecule has 1 unspecified atom stereocenters. The van der Waals surface area contributed by atoms with Crippen LogP contribution in [0.1, 0.15) is 77.8 Å². The molecule has 0 bridgehead atoms. The van der Waals surface area contributed by atoms with Crippen LogP contribution >= 0.6 is 0 Å². The summed E-state index contributed by atoms with van der Waals surface area (Å²) in [6, 6.07) is 3.57. The Hall–Kier alpha value is -2.99. The molecule has 6 heteroatoms. The van der Waals surface area contributed by atoms with E-state index in [0.717, 1.165) is 71.2 Å². The molecule has 34 heavy (non-hydrogen) atoms. The van der Waals surface area contributed by atoms with Crippen molar-refractivity contribution in [3.63, 3.8) is 0 Å². The number of hydrogen-bond acceptors (Lipinski definition) is 4. The summed E-state index contributed by atoms with van der Waals surface area (Å²) < 4.78 is 27.0. The minimum Gasteiger partial charge on any atom is -0.458 e. The predicted molar refractivity (Wildman–Crippen MR) is 129 cm³/mol. The number of ether oxygens (including phenoxy) is 2. The van der Waals surface area contributed by atoms with Crippen molar-refractivity contribution in [2.24, 2.45) is 0 Å². The standard InChI is InChI=1S/C28H30FNO4/c1-5-6-8-18-21(19-10-7-9-17-16(3)23(29)11-15(2)25(17)19)13-30-24(18)12-20-22(27(30)31)14-34-28(32)26(20)33-4/h8,11-12,26H,5-7,9-10,13-14H2,1-4H3/b18-8-,21-19-. The first-order valence-corrected chi connectivity index (χ1v) is 12.0. The molecule has 1 aromatic carbocycles. The maximum atomic E-state index is 14.5. The fourth-order valence-electron chi connectivity index (χ4n) is 5.75. The van der Waals surface area contributed by atoms with E-state index in [0.29, 0.717) is 17.7 Å². The molecule has 2 aromatic rings. The Bertz CT molecular complexity index is 1330. The van der Waals surface area contributed by atoms with Gasteiger partial charge in [0.05, 0.1) is 17.8 Å². The van der Waals surface area contributed by atoms with Crippen molar-refractivity contribution in [3.8, 4) is 0 Å². The number of benzene rings is 1. The van der Waals surface area contributed by atoms with E-state index in [-0.39, 0.29) is 18.0 Å². The number of carbonyl (C=O) groups is 1. The zero-order chi connectivity index (χ0) is 24.1. The van der Waals surface area contributed by atoms with Crippen LogP contribution in [-0.2, 0) is 33.8 Å². The van der Waals surface area contributed by atoms with E-state index in [1.165, 1.54) is 12.7 Å². The second kappa shape index (κ2) is 8.66. The van der Waals surface area contributed by atoms with Gasteiger partial charge >= 0.3 is 5.97 Å². The molecule has 1 atom stereocenters. The van der Waals surface area contributed by atoms with Gasteiger partial charge in [-0.3, -0.25) is 4.79 Å². The number of hydrogen-bond donors (Lipinski definition) is 0. The summed E-state index contributed by atoms with van der Waals surface area (Å²) in [4.78, 5) is 25.8. The second-order valence-electron chi connectivity index (χ2n) is 9.45. The Balaban J connectivity index is 1.76. The Morgan fingerprint density at radius 2 is 1.97 bits per heavy atom. The van der Waals surface area contributed by atoms with E-state index in [4.69, 9.17) is 9.47 Å². The number of cyclic esters (lactones) is 1. The van der Waals surface area contributed by atoms with Gasteiger partial charge < -0.3 is 14.0 Å². The molecule has 0 amide bonds. The van der Waals surface area contributed by atoms with Crippen molar-refractivity contribution in [2.45, 2.75) is 72.1 Å². The number of aromatic nitrogens is 1. The number of fused-ring (bicyclic) bond motifs is 3. The largest absolute Gasteiger partial charge is 0.458 e. The average Bonchev–Trinajstić information content (AvgIpc) is 3.19. The van der Waals surface area contributed by atoms with Crippen LogP contribution in [0, 0.1) is 19.7 Å². The van der Waals surface area contributed by atoms with Gasteiger partial charge in [-0.15, -0.1) is 0 Å². The quantitative estimate of drug-likeness (QED) is 0.577. The number of methoxy groups -OCH3 is 1. The average molecular weight is 464 g/mol. The van der Waals surface area contributed by atoms with E-state index in [1.54, 1.807) is 10.6 Å². The van der Waals surface area contributed by atoms with Gasteiger partial charge in [0.2, 0.25) is 0 Å². The van der Waals surface area contributed by atoms with Crippen LogP contribution in [-0.4, -0.2) is 17.6 Å². The molecule has 178 valence electrons. The predicted octanol–water partition coefficient (Wildman–Crippen LogP) is 5.34. The molecule has 5 rings (SSSR count). The fourth-order valence-corrected chi connectivity index (χ4v) is 5.75. The van der Waals surface area contributed by atoms with Gasteiger partial charge in [-0.2, -0.15) is 0 Å². The molecule has 2 aliphatic heterocycles. The lowest BCUT2D eigenvalue weighted by Gasteiger charge is -2.26. The second-order valence-corrected chi connectivity index (χ2v) is 9.45. The SMILES string of the molecule is CCC/C=C1/C(=C2/CCCc3c(C)c(F)cc(C)c32)Cn2c1cc1c(c2=O)COC(=O)C1OC. The van der Waals surface area contributed by atoms with Crippen molar-refractivity contribution >= 4 is 17.1 Å². The van der Waals surface area contributed by atoms with Crippen LogP contribution in [0.2, 0.25) is 0 Å². The molecule has 0 radical (unpaired) electrons. The zero-order valence-corrected chi connectivity index (χ0v) is 20.2. The molecule has 0 saturated carbocycles. The molecule has 0 spiro atoms. The Labute approximate surface area is 198 Å². The van der Waals surface area contributed by atoms with Gasteiger partial charge in [0, 0.05) is 12.7 Å². The molecule has 0 saturated heterocycles. The summed E-state index contributed by atoms with van der Waals surface area (Å²) >= 11 is 0. The summed E-state index contributed by atoms with van der Waals surface area (Å²) in [5.74, 6) is -0.623. The van der Waals surface area contributed by atoms with Crippen molar-refractivity contribution in [1.29, 1.82) is 0 Å². The number of carbonyl (C=O) groups excluding carboxylic acids is 1. The summed E-state index contributed by atoms with van der Waals surface area (Å²) in [6.07, 6.45) is 5.87. The topological polar surface area (TPSA) is 57.5 Å². The molecule has 0 fully saturated rings. The van der Waals surface area contributed by atoms with Crippen molar-refractivity contribution < 1.29 is 18.7 Å². The molecule has 5 nitrogen and oxygen atoms in total. The van der Waals surface area contributed by atoms with Crippen LogP contribution in [0.5, 0.6) is 0 Å². The monoisotopic (exact) mass is 463 g/mol. The summed E-state index contributed by atoms with van der Waals surface area (Å²) in [5, 5.41) is 0. The van der Waals surface area contributed by atoms with Crippen LogP contribution in [0.15, 0.2) is 28.6 Å². The molecular weight excluding hydrogens is 433 g/mol. The highest BCUT2D eigenvalue weighted by Crippen LogP contribution is 2.45. The maximum Gasteiger partial charge on any atom is 0.340 e. The Kier molecular flexibility index (Phi) is 5.80. The maximum absolute atomic E-state index is 14.5. The normalized spacial score (nSPS) is 22.4. The third kappa shape index (κ3) is 3.38. The highest BCUT2D eigenvalue weighted by Gasteiger charge is 2.36. The molecule has 1 aliphatic carbocycles. The number of halogens is 1. The smallest absolute Gasteiger partial charge is 0.340 e. The van der Waals surface area contributed by atoms with E-state index in [1.807, 2.05) is 19.9 Å². The summed E-state index contributed by atoms with van der Waals surface area (Å²) in [5.41, 5.74) is 9.03. The van der Waals surface area contributed by atoms with Gasteiger partial charge in [0.1, 0.15) is 12.4 Å². The number of rotatable bonds is 3. The van der Waals surface area contributed by atoms with Crippen LogP contribution in [0.3, 0.4) is 0 Å². The van der Waals surface area contributed by atoms with E-state index in [2.05, 4.69) is 13.0 Å².